The number of nitrogens with one attached hydrogen (secondary N) is 2. The van der Waals surface area contributed by atoms with Crippen molar-refractivity contribution in [1.29, 1.82) is 0 Å². The van der Waals surface area contributed by atoms with Crippen LogP contribution in [0.5, 0.6) is 11.5 Å². The largest absolute Gasteiger partial charge is 0.490 e. The first-order valence-corrected chi connectivity index (χ1v) is 10.3. The van der Waals surface area contributed by atoms with Crippen LogP contribution in [0, 0.1) is 0 Å². The molecule has 4 rings (SSSR count). The molecule has 1 fully saturated rings. The number of rotatable bonds is 6. The number of ether oxygens (including phenoxy) is 2. The van der Waals surface area contributed by atoms with Gasteiger partial charge in [0.25, 0.3) is 5.91 Å². The number of quaternary nitrogens is 1. The van der Waals surface area contributed by atoms with E-state index in [-0.39, 0.29) is 5.91 Å². The molecule has 0 bridgehead atoms. The number of benzene rings is 2. The molecule has 148 valence electrons. The van der Waals surface area contributed by atoms with E-state index in [4.69, 9.17) is 9.47 Å². The minimum absolute atomic E-state index is 0.132. The van der Waals surface area contributed by atoms with Gasteiger partial charge in [-0.3, -0.25) is 4.79 Å². The Morgan fingerprint density at radius 2 is 1.86 bits per heavy atom. The molecule has 0 radical (unpaired) electrons. The van der Waals surface area contributed by atoms with E-state index in [0.29, 0.717) is 32.3 Å². The summed E-state index contributed by atoms with van der Waals surface area (Å²) in [5.41, 5.74) is 2.50. The van der Waals surface area contributed by atoms with Crippen LogP contribution < -0.4 is 19.7 Å². The van der Waals surface area contributed by atoms with Crippen molar-refractivity contribution >= 4 is 5.91 Å². The van der Waals surface area contributed by atoms with Gasteiger partial charge in [-0.1, -0.05) is 30.3 Å². The van der Waals surface area contributed by atoms with Gasteiger partial charge in [-0.25, -0.2) is 0 Å². The highest BCUT2D eigenvalue weighted by molar-refractivity contribution is 5.76. The maximum absolute atomic E-state index is 12.5. The van der Waals surface area contributed by atoms with E-state index in [9.17, 15) is 4.79 Å². The molecule has 1 unspecified atom stereocenters. The molecule has 2 heterocycles. The minimum Gasteiger partial charge on any atom is -0.490 e. The first kappa shape index (κ1) is 18.8. The molecule has 28 heavy (non-hydrogen) atoms. The summed E-state index contributed by atoms with van der Waals surface area (Å²) in [6.07, 6.45) is 4.03. The molecule has 0 aromatic heterocycles. The van der Waals surface area contributed by atoms with Crippen LogP contribution in [0.15, 0.2) is 48.5 Å². The summed E-state index contributed by atoms with van der Waals surface area (Å²) in [6, 6.07) is 16.9. The van der Waals surface area contributed by atoms with Gasteiger partial charge in [-0.05, 0) is 30.2 Å². The smallest absolute Gasteiger partial charge is 0.275 e. The first-order valence-electron chi connectivity index (χ1n) is 10.3. The lowest BCUT2D eigenvalue weighted by atomic mass is 10.0. The lowest BCUT2D eigenvalue weighted by molar-refractivity contribution is -0.910. The van der Waals surface area contributed by atoms with Crippen LogP contribution in [0.4, 0.5) is 0 Å². The number of amides is 1. The van der Waals surface area contributed by atoms with Crippen LogP contribution in [0.25, 0.3) is 0 Å². The van der Waals surface area contributed by atoms with Gasteiger partial charge in [0.2, 0.25) is 0 Å². The van der Waals surface area contributed by atoms with Gasteiger partial charge in [0.1, 0.15) is 6.04 Å². The first-order chi connectivity index (χ1) is 13.8. The Bertz CT molecular complexity index is 794. The second-order valence-electron chi connectivity index (χ2n) is 7.62. The Morgan fingerprint density at radius 1 is 1.04 bits per heavy atom. The van der Waals surface area contributed by atoms with E-state index in [1.165, 1.54) is 16.0 Å². The van der Waals surface area contributed by atoms with Crippen molar-refractivity contribution in [2.45, 2.75) is 31.7 Å². The Balaban J connectivity index is 1.33. The third kappa shape index (κ3) is 4.65. The summed E-state index contributed by atoms with van der Waals surface area (Å²) >= 11 is 0. The normalized spacial score (nSPS) is 21.1. The predicted molar refractivity (Wildman–Crippen MR) is 108 cm³/mol. The molecule has 5 nitrogen and oxygen atoms in total. The Morgan fingerprint density at radius 3 is 2.71 bits per heavy atom. The molecular formula is C23H29N2O3+. The zero-order valence-electron chi connectivity index (χ0n) is 16.3. The van der Waals surface area contributed by atoms with Crippen molar-refractivity contribution in [2.24, 2.45) is 0 Å². The highest BCUT2D eigenvalue weighted by Crippen LogP contribution is 2.33. The van der Waals surface area contributed by atoms with Crippen LogP contribution in [0.3, 0.4) is 0 Å². The Hall–Kier alpha value is -2.53. The summed E-state index contributed by atoms with van der Waals surface area (Å²) in [7, 11) is 0. The van der Waals surface area contributed by atoms with Gasteiger partial charge >= 0.3 is 0 Å². The van der Waals surface area contributed by atoms with Crippen molar-refractivity contribution in [1.82, 2.24) is 5.32 Å². The zero-order chi connectivity index (χ0) is 19.2. The third-order valence-electron chi connectivity index (χ3n) is 5.62. The lowest BCUT2D eigenvalue weighted by Crippen LogP contribution is -3.11. The quantitative estimate of drug-likeness (QED) is 0.804. The maximum atomic E-state index is 12.5. The van der Waals surface area contributed by atoms with Crippen LogP contribution in [-0.2, 0) is 11.2 Å². The van der Waals surface area contributed by atoms with Crippen molar-refractivity contribution < 1.29 is 19.2 Å². The fraction of sp³-hybridized carbons (Fsp3) is 0.435. The molecule has 2 aliphatic rings. The van der Waals surface area contributed by atoms with Crippen LogP contribution in [0.2, 0.25) is 0 Å². The number of fused-ring (bicyclic) bond motifs is 1. The Kier molecular flexibility index (Phi) is 6.12. The summed E-state index contributed by atoms with van der Waals surface area (Å²) < 4.78 is 11.6. The molecule has 0 spiro atoms. The monoisotopic (exact) mass is 381 g/mol. The zero-order valence-corrected chi connectivity index (χ0v) is 16.3. The third-order valence-corrected chi connectivity index (χ3v) is 5.62. The summed E-state index contributed by atoms with van der Waals surface area (Å²) in [4.78, 5) is 13.8. The van der Waals surface area contributed by atoms with E-state index in [1.54, 1.807) is 0 Å². The van der Waals surface area contributed by atoms with Crippen molar-refractivity contribution in [3.63, 3.8) is 0 Å². The molecule has 0 aliphatic carbocycles. The second-order valence-corrected chi connectivity index (χ2v) is 7.62. The van der Waals surface area contributed by atoms with Crippen LogP contribution in [0.1, 0.15) is 36.4 Å². The SMILES string of the molecule is O=C(C[NH+]1CCC[C@H]1c1ccc2c(c1)OCCCO2)NCCc1ccccc1. The molecule has 2 aliphatic heterocycles. The number of hydrogen-bond donors (Lipinski definition) is 2. The fourth-order valence-electron chi connectivity index (χ4n) is 4.18. The molecule has 2 atom stereocenters. The maximum Gasteiger partial charge on any atom is 0.275 e. The lowest BCUT2D eigenvalue weighted by Gasteiger charge is -2.22. The van der Waals surface area contributed by atoms with Crippen LogP contribution >= 0.6 is 0 Å². The standard InChI is InChI=1S/C23H28N2O3/c26-23(24-12-11-18-6-2-1-3-7-18)17-25-13-4-8-20(25)19-9-10-21-22(16-19)28-15-5-14-27-21/h1-3,6-7,9-10,16,20H,4-5,8,11-15,17H2,(H,24,26)/p+1/t20-/m0/s1. The second kappa shape index (κ2) is 9.11. The molecule has 1 amide bonds. The number of carbonyl (C=O) groups excluding carboxylic acids is 1. The minimum atomic E-state index is 0.132. The van der Waals surface area contributed by atoms with Gasteiger partial charge in [0, 0.05) is 31.4 Å². The van der Waals surface area contributed by atoms with Crippen molar-refractivity contribution in [3.8, 4) is 11.5 Å². The van der Waals surface area contributed by atoms with Crippen molar-refractivity contribution in [2.75, 3.05) is 32.8 Å². The Labute approximate surface area is 166 Å². The molecule has 1 saturated heterocycles. The van der Waals surface area contributed by atoms with Gasteiger partial charge in [-0.15, -0.1) is 0 Å². The van der Waals surface area contributed by atoms with Crippen molar-refractivity contribution in [3.05, 3.63) is 59.7 Å². The number of hydrogen-bond acceptors (Lipinski definition) is 3. The average molecular weight is 381 g/mol. The molecule has 2 N–H and O–H groups in total. The van der Waals surface area contributed by atoms with E-state index < -0.39 is 0 Å². The molecule has 5 heteroatoms. The van der Waals surface area contributed by atoms with E-state index >= 15 is 0 Å². The highest BCUT2D eigenvalue weighted by atomic mass is 16.5. The summed E-state index contributed by atoms with van der Waals surface area (Å²) in [6.45, 7) is 3.64. The van der Waals surface area contributed by atoms with Gasteiger partial charge < -0.3 is 19.7 Å². The summed E-state index contributed by atoms with van der Waals surface area (Å²) in [5, 5.41) is 3.08. The van der Waals surface area contributed by atoms with E-state index in [2.05, 4.69) is 29.6 Å². The van der Waals surface area contributed by atoms with E-state index in [0.717, 1.165) is 43.7 Å². The van der Waals surface area contributed by atoms with Gasteiger partial charge in [0.05, 0.1) is 19.8 Å². The molecule has 2 aromatic rings. The highest BCUT2D eigenvalue weighted by Gasteiger charge is 2.32. The number of likely N-dealkylation sites (tertiary alicyclic amines) is 1. The molecule has 2 aromatic carbocycles. The predicted octanol–water partition coefficient (Wildman–Crippen LogP) is 1.93. The van der Waals surface area contributed by atoms with Crippen LogP contribution in [-0.4, -0.2) is 38.8 Å². The fourth-order valence-corrected chi connectivity index (χ4v) is 4.18. The van der Waals surface area contributed by atoms with E-state index in [1.807, 2.05) is 24.3 Å². The van der Waals surface area contributed by atoms with Gasteiger partial charge in [0.15, 0.2) is 18.0 Å². The summed E-state index contributed by atoms with van der Waals surface area (Å²) in [5.74, 6) is 1.81. The molecule has 0 saturated carbocycles. The average Bonchev–Trinajstić information content (AvgIpc) is 3.04. The topological polar surface area (TPSA) is 52.0 Å². The number of carbonyl (C=O) groups is 1. The molecular weight excluding hydrogens is 352 g/mol. The van der Waals surface area contributed by atoms with Gasteiger partial charge in [-0.2, -0.15) is 0 Å².